The number of aromatic nitrogens is 1. The highest BCUT2D eigenvalue weighted by Gasteiger charge is 2.09. The molecule has 0 saturated heterocycles. The van der Waals surface area contributed by atoms with Crippen molar-refractivity contribution in [3.63, 3.8) is 0 Å². The number of nitrogens with two attached hydrogens (primary N) is 1. The molecule has 2 rings (SSSR count). The molecular weight excluding hydrogens is 278 g/mol. The predicted molar refractivity (Wildman–Crippen MR) is 81.0 cm³/mol. The third kappa shape index (κ3) is 3.59. The number of ether oxygens (including phenoxy) is 1. The second-order valence-electron chi connectivity index (χ2n) is 4.35. The smallest absolute Gasteiger partial charge is 0.236 e. The number of carbonyl (C=O) groups excluding carboxylic acids is 1. The lowest BCUT2D eigenvalue weighted by Gasteiger charge is -2.11. The first kappa shape index (κ1) is 16.2. The van der Waals surface area contributed by atoms with E-state index in [0.29, 0.717) is 12.4 Å². The minimum Gasteiger partial charge on any atom is -0.481 e. The Bertz CT molecular complexity index is 602. The fourth-order valence-electron chi connectivity index (χ4n) is 1.81. The van der Waals surface area contributed by atoms with Crippen molar-refractivity contribution >= 4 is 29.2 Å². The van der Waals surface area contributed by atoms with Crippen molar-refractivity contribution in [3.8, 4) is 5.88 Å². The van der Waals surface area contributed by atoms with Gasteiger partial charge in [0.05, 0.1) is 18.7 Å². The average molecular weight is 296 g/mol. The fraction of sp³-hybridized carbons (Fsp3) is 0.286. The Morgan fingerprint density at radius 3 is 2.80 bits per heavy atom. The summed E-state index contributed by atoms with van der Waals surface area (Å²) < 4.78 is 5.17. The van der Waals surface area contributed by atoms with Gasteiger partial charge in [0.1, 0.15) is 0 Å². The number of rotatable bonds is 4. The first-order valence-corrected chi connectivity index (χ1v) is 6.07. The highest BCUT2D eigenvalue weighted by Crippen LogP contribution is 2.21. The van der Waals surface area contributed by atoms with Crippen LogP contribution in [0.2, 0.25) is 0 Å². The summed E-state index contributed by atoms with van der Waals surface area (Å²) in [5, 5.41) is 3.79. The number of amides is 1. The van der Waals surface area contributed by atoms with Crippen LogP contribution < -0.4 is 15.8 Å². The number of fused-ring (bicyclic) bond motifs is 1. The van der Waals surface area contributed by atoms with Crippen molar-refractivity contribution in [2.45, 2.75) is 19.5 Å². The van der Waals surface area contributed by atoms with E-state index >= 15 is 0 Å². The van der Waals surface area contributed by atoms with Gasteiger partial charge in [-0.3, -0.25) is 4.79 Å². The van der Waals surface area contributed by atoms with Crippen LogP contribution in [-0.2, 0) is 11.3 Å². The van der Waals surface area contributed by atoms with Crippen molar-refractivity contribution in [1.82, 2.24) is 10.3 Å². The van der Waals surface area contributed by atoms with Crippen LogP contribution in [0.4, 0.5) is 0 Å². The Morgan fingerprint density at radius 1 is 1.45 bits per heavy atom. The Morgan fingerprint density at radius 2 is 2.15 bits per heavy atom. The fourth-order valence-corrected chi connectivity index (χ4v) is 1.81. The van der Waals surface area contributed by atoms with E-state index in [0.717, 1.165) is 16.5 Å². The molecule has 0 aliphatic heterocycles. The number of methoxy groups -OCH3 is 1. The number of benzene rings is 1. The Hall–Kier alpha value is -1.85. The van der Waals surface area contributed by atoms with Crippen molar-refractivity contribution in [2.75, 3.05) is 7.11 Å². The first-order chi connectivity index (χ1) is 9.11. The van der Waals surface area contributed by atoms with Gasteiger partial charge in [-0.1, -0.05) is 18.2 Å². The van der Waals surface area contributed by atoms with E-state index in [1.54, 1.807) is 14.0 Å². The van der Waals surface area contributed by atoms with Gasteiger partial charge in [-0.15, -0.1) is 12.4 Å². The number of pyridine rings is 1. The Labute approximate surface area is 123 Å². The number of nitrogens with one attached hydrogen (secondary N) is 1. The van der Waals surface area contributed by atoms with Crippen LogP contribution in [0.15, 0.2) is 30.3 Å². The van der Waals surface area contributed by atoms with Crippen molar-refractivity contribution in [3.05, 3.63) is 35.9 Å². The average Bonchev–Trinajstić information content (AvgIpc) is 2.43. The van der Waals surface area contributed by atoms with Crippen LogP contribution in [0, 0.1) is 0 Å². The zero-order chi connectivity index (χ0) is 13.8. The number of halogens is 1. The second-order valence-corrected chi connectivity index (χ2v) is 4.35. The van der Waals surface area contributed by atoms with Crippen LogP contribution in [0.25, 0.3) is 10.9 Å². The summed E-state index contributed by atoms with van der Waals surface area (Å²) in [6.07, 6.45) is 0. The molecule has 20 heavy (non-hydrogen) atoms. The zero-order valence-corrected chi connectivity index (χ0v) is 12.2. The maximum atomic E-state index is 11.5. The number of para-hydroxylation sites is 1. The van der Waals surface area contributed by atoms with E-state index in [-0.39, 0.29) is 18.3 Å². The van der Waals surface area contributed by atoms with Crippen LogP contribution in [0.3, 0.4) is 0 Å². The highest BCUT2D eigenvalue weighted by molar-refractivity contribution is 5.85. The highest BCUT2D eigenvalue weighted by atomic mass is 35.5. The van der Waals surface area contributed by atoms with Gasteiger partial charge in [0, 0.05) is 18.0 Å². The van der Waals surface area contributed by atoms with Gasteiger partial charge < -0.3 is 15.8 Å². The van der Waals surface area contributed by atoms with Crippen LogP contribution >= 0.6 is 12.4 Å². The summed E-state index contributed by atoms with van der Waals surface area (Å²) in [4.78, 5) is 15.9. The molecule has 3 N–H and O–H groups in total. The molecular formula is C14H18ClN3O2. The molecule has 2 aromatic rings. The van der Waals surface area contributed by atoms with Crippen LogP contribution in [0.1, 0.15) is 12.5 Å². The molecule has 0 bridgehead atoms. The van der Waals surface area contributed by atoms with Gasteiger partial charge in [0.15, 0.2) is 0 Å². The molecule has 0 saturated carbocycles. The van der Waals surface area contributed by atoms with Crippen LogP contribution in [0.5, 0.6) is 5.88 Å². The molecule has 0 fully saturated rings. The molecule has 1 aromatic heterocycles. The molecule has 0 spiro atoms. The second kappa shape index (κ2) is 7.07. The largest absolute Gasteiger partial charge is 0.481 e. The van der Waals surface area contributed by atoms with E-state index in [1.165, 1.54) is 0 Å². The lowest BCUT2D eigenvalue weighted by Crippen LogP contribution is -2.37. The summed E-state index contributed by atoms with van der Waals surface area (Å²) in [7, 11) is 1.57. The number of hydrogen-bond acceptors (Lipinski definition) is 4. The number of nitrogens with zero attached hydrogens (tertiary/aromatic N) is 1. The van der Waals surface area contributed by atoms with Crippen molar-refractivity contribution < 1.29 is 9.53 Å². The molecule has 108 valence electrons. The summed E-state index contributed by atoms with van der Waals surface area (Å²) >= 11 is 0. The van der Waals surface area contributed by atoms with E-state index < -0.39 is 6.04 Å². The summed E-state index contributed by atoms with van der Waals surface area (Å²) in [6, 6.07) is 9.04. The third-order valence-electron chi connectivity index (χ3n) is 2.85. The van der Waals surface area contributed by atoms with Crippen LogP contribution in [-0.4, -0.2) is 24.0 Å². The van der Waals surface area contributed by atoms with Crippen molar-refractivity contribution in [1.29, 1.82) is 0 Å². The molecule has 1 aromatic carbocycles. The van der Waals surface area contributed by atoms with Gasteiger partial charge in [-0.25, -0.2) is 4.98 Å². The van der Waals surface area contributed by atoms with E-state index in [4.69, 9.17) is 10.5 Å². The van der Waals surface area contributed by atoms with Crippen molar-refractivity contribution in [2.24, 2.45) is 5.73 Å². The maximum Gasteiger partial charge on any atom is 0.236 e. The summed E-state index contributed by atoms with van der Waals surface area (Å²) in [5.74, 6) is 0.351. The lowest BCUT2D eigenvalue weighted by molar-refractivity contribution is -0.122. The van der Waals surface area contributed by atoms with E-state index in [2.05, 4.69) is 10.3 Å². The van der Waals surface area contributed by atoms with Gasteiger partial charge in [-0.2, -0.15) is 0 Å². The molecule has 0 aliphatic carbocycles. The van der Waals surface area contributed by atoms with Gasteiger partial charge in [0.2, 0.25) is 11.8 Å². The quantitative estimate of drug-likeness (QED) is 0.899. The van der Waals surface area contributed by atoms with Gasteiger partial charge in [0.25, 0.3) is 0 Å². The zero-order valence-electron chi connectivity index (χ0n) is 11.4. The maximum absolute atomic E-state index is 11.5. The van der Waals surface area contributed by atoms with Gasteiger partial charge in [-0.05, 0) is 18.6 Å². The molecule has 5 nitrogen and oxygen atoms in total. The Kier molecular flexibility index (Phi) is 5.73. The first-order valence-electron chi connectivity index (χ1n) is 6.07. The normalized spacial score (nSPS) is 11.6. The molecule has 0 aliphatic rings. The number of carbonyl (C=O) groups is 1. The SMILES string of the molecule is COc1cc(CNC(=O)C(C)N)c2ccccc2n1.Cl. The lowest BCUT2D eigenvalue weighted by atomic mass is 10.1. The molecule has 1 amide bonds. The topological polar surface area (TPSA) is 77.2 Å². The Balaban J connectivity index is 0.00000200. The summed E-state index contributed by atoms with van der Waals surface area (Å²) in [6.45, 7) is 2.06. The molecule has 1 unspecified atom stereocenters. The minimum atomic E-state index is -0.519. The van der Waals surface area contributed by atoms with Gasteiger partial charge >= 0.3 is 0 Å². The monoisotopic (exact) mass is 295 g/mol. The third-order valence-corrected chi connectivity index (χ3v) is 2.85. The standard InChI is InChI=1S/C14H17N3O2.ClH/c1-9(15)14(18)16-8-10-7-13(19-2)17-12-6-4-3-5-11(10)12;/h3-7,9H,8,15H2,1-2H3,(H,16,18);1H. The molecule has 0 radical (unpaired) electrons. The van der Waals surface area contributed by atoms with E-state index in [9.17, 15) is 4.79 Å². The predicted octanol–water partition coefficient (Wildman–Crippen LogP) is 1.63. The van der Waals surface area contributed by atoms with E-state index in [1.807, 2.05) is 30.3 Å². The summed E-state index contributed by atoms with van der Waals surface area (Å²) in [5.41, 5.74) is 7.31. The molecule has 1 heterocycles. The minimum absolute atomic E-state index is 0. The molecule has 6 heteroatoms. The number of hydrogen-bond donors (Lipinski definition) is 2. The molecule has 1 atom stereocenters.